The van der Waals surface area contributed by atoms with Crippen molar-refractivity contribution in [3.05, 3.63) is 20.8 Å². The molecule has 0 spiro atoms. The van der Waals surface area contributed by atoms with Crippen LogP contribution in [-0.4, -0.2) is 18.8 Å². The number of rotatable bonds is 5. The van der Waals surface area contributed by atoms with Gasteiger partial charge in [-0.05, 0) is 22.0 Å². The molecule has 14 heavy (non-hydrogen) atoms. The summed E-state index contributed by atoms with van der Waals surface area (Å²) in [6, 6.07) is 2.20. The molecule has 0 saturated carbocycles. The number of hydrogen-bond acceptors (Lipinski definition) is 3. The van der Waals surface area contributed by atoms with E-state index in [-0.39, 0.29) is 5.41 Å². The SMILES string of the molecule is CC(C)(CNCCS)c1cc(Br)cs1. The Balaban J connectivity index is 2.56. The average Bonchev–Trinajstić information content (AvgIpc) is 2.53. The maximum atomic E-state index is 4.17. The van der Waals surface area contributed by atoms with Crippen molar-refractivity contribution in [2.75, 3.05) is 18.8 Å². The van der Waals surface area contributed by atoms with E-state index < -0.39 is 0 Å². The van der Waals surface area contributed by atoms with Crippen LogP contribution < -0.4 is 5.32 Å². The van der Waals surface area contributed by atoms with Crippen LogP contribution in [0.5, 0.6) is 0 Å². The fourth-order valence-corrected chi connectivity index (χ4v) is 2.95. The van der Waals surface area contributed by atoms with E-state index in [0.29, 0.717) is 0 Å². The zero-order valence-electron chi connectivity index (χ0n) is 8.51. The van der Waals surface area contributed by atoms with E-state index in [0.717, 1.165) is 18.8 Å². The lowest BCUT2D eigenvalue weighted by molar-refractivity contribution is 0.487. The molecule has 0 saturated heterocycles. The fraction of sp³-hybridized carbons (Fsp3) is 0.600. The van der Waals surface area contributed by atoms with Crippen LogP contribution in [-0.2, 0) is 5.41 Å². The van der Waals surface area contributed by atoms with E-state index in [2.05, 4.69) is 59.2 Å². The summed E-state index contributed by atoms with van der Waals surface area (Å²) >= 11 is 9.47. The highest BCUT2D eigenvalue weighted by Crippen LogP contribution is 2.30. The maximum Gasteiger partial charge on any atom is 0.0285 e. The maximum absolute atomic E-state index is 4.17. The molecular weight excluding hydrogens is 278 g/mol. The Morgan fingerprint density at radius 2 is 2.29 bits per heavy atom. The molecule has 0 atom stereocenters. The molecule has 1 aromatic rings. The first-order chi connectivity index (χ1) is 6.56. The number of halogens is 1. The van der Waals surface area contributed by atoms with Gasteiger partial charge in [0.05, 0.1) is 0 Å². The molecule has 0 radical (unpaired) electrons. The third kappa shape index (κ3) is 3.57. The van der Waals surface area contributed by atoms with E-state index in [1.807, 2.05) is 11.3 Å². The summed E-state index contributed by atoms with van der Waals surface area (Å²) in [5.41, 5.74) is 0.208. The molecule has 0 bridgehead atoms. The molecule has 1 aromatic heterocycles. The standard InChI is InChI=1S/C10H16BrNS2/c1-10(2,7-12-3-4-13)9-5-8(11)6-14-9/h5-6,12-13H,3-4,7H2,1-2H3. The minimum absolute atomic E-state index is 0.208. The van der Waals surface area contributed by atoms with Crippen LogP contribution in [0, 0.1) is 0 Å². The van der Waals surface area contributed by atoms with E-state index in [9.17, 15) is 0 Å². The van der Waals surface area contributed by atoms with Crippen LogP contribution in [0.2, 0.25) is 0 Å². The normalized spacial score (nSPS) is 12.0. The molecule has 0 aliphatic heterocycles. The van der Waals surface area contributed by atoms with Crippen LogP contribution in [0.15, 0.2) is 15.9 Å². The lowest BCUT2D eigenvalue weighted by Crippen LogP contribution is -2.33. The van der Waals surface area contributed by atoms with Crippen LogP contribution in [0.4, 0.5) is 0 Å². The van der Waals surface area contributed by atoms with Crippen molar-refractivity contribution in [2.45, 2.75) is 19.3 Å². The van der Waals surface area contributed by atoms with Gasteiger partial charge in [0, 0.05) is 39.0 Å². The van der Waals surface area contributed by atoms with Gasteiger partial charge in [-0.15, -0.1) is 11.3 Å². The fourth-order valence-electron chi connectivity index (χ4n) is 1.24. The molecule has 80 valence electrons. The van der Waals surface area contributed by atoms with Crippen LogP contribution in [0.3, 0.4) is 0 Å². The Labute approximate surface area is 104 Å². The lowest BCUT2D eigenvalue weighted by atomic mass is 9.91. The molecule has 1 heterocycles. The molecule has 0 aromatic carbocycles. The van der Waals surface area contributed by atoms with Gasteiger partial charge in [-0.3, -0.25) is 0 Å². The Morgan fingerprint density at radius 1 is 1.57 bits per heavy atom. The first-order valence-corrected chi connectivity index (χ1v) is 6.93. The number of thiophene rings is 1. The highest BCUT2D eigenvalue weighted by molar-refractivity contribution is 9.10. The first kappa shape index (κ1) is 12.6. The highest BCUT2D eigenvalue weighted by atomic mass is 79.9. The van der Waals surface area contributed by atoms with Gasteiger partial charge in [0.2, 0.25) is 0 Å². The van der Waals surface area contributed by atoms with Crippen molar-refractivity contribution in [2.24, 2.45) is 0 Å². The van der Waals surface area contributed by atoms with Crippen LogP contribution in [0.25, 0.3) is 0 Å². The molecule has 0 amide bonds. The summed E-state index contributed by atoms with van der Waals surface area (Å²) in [7, 11) is 0. The zero-order chi connectivity index (χ0) is 10.6. The summed E-state index contributed by atoms with van der Waals surface area (Å²) in [6.07, 6.45) is 0. The Bertz CT molecular complexity index is 283. The average molecular weight is 294 g/mol. The second kappa shape index (κ2) is 5.54. The second-order valence-electron chi connectivity index (χ2n) is 3.91. The van der Waals surface area contributed by atoms with E-state index in [1.165, 1.54) is 9.35 Å². The van der Waals surface area contributed by atoms with Crippen molar-refractivity contribution >= 4 is 39.9 Å². The molecular formula is C10H16BrNS2. The Kier molecular flexibility index (Phi) is 4.97. The Morgan fingerprint density at radius 3 is 2.79 bits per heavy atom. The third-order valence-electron chi connectivity index (χ3n) is 2.09. The molecule has 4 heteroatoms. The van der Waals surface area contributed by atoms with Crippen LogP contribution in [0.1, 0.15) is 18.7 Å². The van der Waals surface area contributed by atoms with Crippen molar-refractivity contribution in [1.82, 2.24) is 5.32 Å². The van der Waals surface area contributed by atoms with Gasteiger partial charge < -0.3 is 5.32 Å². The van der Waals surface area contributed by atoms with E-state index >= 15 is 0 Å². The minimum Gasteiger partial charge on any atom is -0.315 e. The molecule has 1 rings (SSSR count). The van der Waals surface area contributed by atoms with Gasteiger partial charge in [-0.2, -0.15) is 12.6 Å². The topological polar surface area (TPSA) is 12.0 Å². The largest absolute Gasteiger partial charge is 0.315 e. The van der Waals surface area contributed by atoms with Gasteiger partial charge in [0.1, 0.15) is 0 Å². The zero-order valence-corrected chi connectivity index (χ0v) is 11.8. The molecule has 0 unspecified atom stereocenters. The molecule has 0 aliphatic carbocycles. The molecule has 1 nitrogen and oxygen atoms in total. The quantitative estimate of drug-likeness (QED) is 0.627. The monoisotopic (exact) mass is 293 g/mol. The van der Waals surface area contributed by atoms with Crippen molar-refractivity contribution in [3.8, 4) is 0 Å². The van der Waals surface area contributed by atoms with Crippen molar-refractivity contribution < 1.29 is 0 Å². The smallest absolute Gasteiger partial charge is 0.0285 e. The van der Waals surface area contributed by atoms with E-state index in [1.54, 1.807) is 0 Å². The first-order valence-electron chi connectivity index (χ1n) is 4.62. The summed E-state index contributed by atoms with van der Waals surface area (Å²) < 4.78 is 1.18. The van der Waals surface area contributed by atoms with Gasteiger partial charge in [0.25, 0.3) is 0 Å². The van der Waals surface area contributed by atoms with Gasteiger partial charge in [-0.25, -0.2) is 0 Å². The van der Waals surface area contributed by atoms with Gasteiger partial charge in [-0.1, -0.05) is 13.8 Å². The number of nitrogens with one attached hydrogen (secondary N) is 1. The third-order valence-corrected chi connectivity index (χ3v) is 4.37. The Hall–Kier alpha value is 0.490. The molecule has 0 aliphatic rings. The lowest BCUT2D eigenvalue weighted by Gasteiger charge is -2.23. The minimum atomic E-state index is 0.208. The number of hydrogen-bond donors (Lipinski definition) is 2. The summed E-state index contributed by atoms with van der Waals surface area (Å²) in [5.74, 6) is 0.893. The molecule has 1 N–H and O–H groups in total. The van der Waals surface area contributed by atoms with Crippen molar-refractivity contribution in [1.29, 1.82) is 0 Å². The highest BCUT2D eigenvalue weighted by Gasteiger charge is 2.21. The van der Waals surface area contributed by atoms with Crippen molar-refractivity contribution in [3.63, 3.8) is 0 Å². The predicted molar refractivity (Wildman–Crippen MR) is 71.8 cm³/mol. The number of thiol groups is 1. The summed E-state index contributed by atoms with van der Waals surface area (Å²) in [4.78, 5) is 1.41. The predicted octanol–water partition coefficient (Wildman–Crippen LogP) is 3.31. The summed E-state index contributed by atoms with van der Waals surface area (Å²) in [5, 5.41) is 5.53. The second-order valence-corrected chi connectivity index (χ2v) is 6.19. The van der Waals surface area contributed by atoms with Crippen LogP contribution >= 0.6 is 39.9 Å². The van der Waals surface area contributed by atoms with Gasteiger partial charge >= 0.3 is 0 Å². The van der Waals surface area contributed by atoms with Gasteiger partial charge in [0.15, 0.2) is 0 Å². The summed E-state index contributed by atoms with van der Waals surface area (Å²) in [6.45, 7) is 6.49. The molecule has 0 fully saturated rings. The van der Waals surface area contributed by atoms with E-state index in [4.69, 9.17) is 0 Å².